The second kappa shape index (κ2) is 7.07. The topological polar surface area (TPSA) is 67.6 Å². The van der Waals surface area contributed by atoms with Gasteiger partial charge in [0.05, 0.1) is 6.10 Å². The molecule has 2 saturated heterocycles. The van der Waals surface area contributed by atoms with Gasteiger partial charge in [-0.15, -0.1) is 0 Å². The van der Waals surface area contributed by atoms with Crippen LogP contribution < -0.4 is 11.3 Å². The molecule has 3 N–H and O–H groups in total. The number of hydrogen-bond acceptors (Lipinski definition) is 4. The summed E-state index contributed by atoms with van der Waals surface area (Å²) in [6.07, 6.45) is 8.28. The van der Waals surface area contributed by atoms with Crippen LogP contribution in [0.5, 0.6) is 0 Å². The molecule has 2 fully saturated rings. The van der Waals surface area contributed by atoms with Gasteiger partial charge in [0.15, 0.2) is 0 Å². The summed E-state index contributed by atoms with van der Waals surface area (Å²) in [4.78, 5) is 13.9. The summed E-state index contributed by atoms with van der Waals surface area (Å²) in [5.41, 5.74) is 2.17. The molecule has 0 radical (unpaired) electrons. The molecule has 0 bridgehead atoms. The van der Waals surface area contributed by atoms with Crippen molar-refractivity contribution in [3.05, 3.63) is 0 Å². The molecule has 0 saturated carbocycles. The van der Waals surface area contributed by atoms with E-state index < -0.39 is 0 Å². The largest absolute Gasteiger partial charge is 0.364 e. The average Bonchev–Trinajstić information content (AvgIpc) is 2.80. The molecule has 104 valence electrons. The third-order valence-electron chi connectivity index (χ3n) is 3.95. The number of hydrazine groups is 1. The number of hydrogen-bond donors (Lipinski definition) is 2. The highest BCUT2D eigenvalue weighted by molar-refractivity contribution is 5.80. The number of nitrogens with one attached hydrogen (secondary N) is 1. The highest BCUT2D eigenvalue weighted by Gasteiger charge is 2.31. The summed E-state index contributed by atoms with van der Waals surface area (Å²) >= 11 is 0. The van der Waals surface area contributed by atoms with Crippen LogP contribution in [-0.4, -0.2) is 42.6 Å². The Balaban J connectivity index is 1.74. The van der Waals surface area contributed by atoms with Gasteiger partial charge in [-0.3, -0.25) is 10.2 Å². The van der Waals surface area contributed by atoms with E-state index in [-0.39, 0.29) is 18.1 Å². The first-order valence-corrected chi connectivity index (χ1v) is 7.18. The zero-order valence-electron chi connectivity index (χ0n) is 11.1. The van der Waals surface area contributed by atoms with Gasteiger partial charge in [-0.25, -0.2) is 5.84 Å². The maximum atomic E-state index is 11.4. The highest BCUT2D eigenvalue weighted by atomic mass is 16.5. The van der Waals surface area contributed by atoms with Crippen molar-refractivity contribution < 1.29 is 9.53 Å². The monoisotopic (exact) mass is 255 g/mol. The van der Waals surface area contributed by atoms with Gasteiger partial charge in [-0.2, -0.15) is 0 Å². The molecule has 0 aliphatic carbocycles. The molecule has 0 aromatic carbocycles. The Morgan fingerprint density at radius 1 is 1.17 bits per heavy atom. The van der Waals surface area contributed by atoms with Gasteiger partial charge in [-0.1, -0.05) is 19.3 Å². The predicted molar refractivity (Wildman–Crippen MR) is 69.8 cm³/mol. The zero-order chi connectivity index (χ0) is 12.8. The summed E-state index contributed by atoms with van der Waals surface area (Å²) in [6.45, 7) is 3.32. The van der Waals surface area contributed by atoms with Crippen molar-refractivity contribution in [1.82, 2.24) is 10.3 Å². The van der Waals surface area contributed by atoms with Gasteiger partial charge >= 0.3 is 0 Å². The Kier molecular flexibility index (Phi) is 5.41. The Labute approximate surface area is 109 Å². The van der Waals surface area contributed by atoms with E-state index in [4.69, 9.17) is 10.6 Å². The summed E-state index contributed by atoms with van der Waals surface area (Å²) in [7, 11) is 0. The Morgan fingerprint density at radius 2 is 1.83 bits per heavy atom. The highest BCUT2D eigenvalue weighted by Crippen LogP contribution is 2.21. The molecule has 2 rings (SSSR count). The van der Waals surface area contributed by atoms with Crippen LogP contribution >= 0.6 is 0 Å². The number of nitrogens with zero attached hydrogens (tertiary/aromatic N) is 1. The summed E-state index contributed by atoms with van der Waals surface area (Å²) in [5, 5.41) is 0. The lowest BCUT2D eigenvalue weighted by Crippen LogP contribution is -2.40. The molecule has 0 aromatic heterocycles. The number of rotatable bonds is 3. The van der Waals surface area contributed by atoms with Crippen LogP contribution in [0, 0.1) is 0 Å². The molecular formula is C13H25N3O2. The minimum atomic E-state index is -0.338. The molecule has 2 atom stereocenters. The standard InChI is InChI=1S/C13H25N3O2/c14-15-13(17)12-7-6-11(18-12)10-16-8-4-2-1-3-5-9-16/h11-12H,1-10,14H2,(H,15,17). The summed E-state index contributed by atoms with van der Waals surface area (Å²) in [5.74, 6) is 4.94. The third kappa shape index (κ3) is 3.93. The second-order valence-corrected chi connectivity index (χ2v) is 5.40. The molecule has 2 heterocycles. The zero-order valence-corrected chi connectivity index (χ0v) is 11.1. The van der Waals surface area contributed by atoms with Gasteiger partial charge in [0, 0.05) is 6.54 Å². The lowest BCUT2D eigenvalue weighted by Gasteiger charge is -2.27. The summed E-state index contributed by atoms with van der Waals surface area (Å²) in [6, 6.07) is 0. The van der Waals surface area contributed by atoms with E-state index in [0.717, 1.165) is 19.4 Å². The number of ether oxygens (including phenoxy) is 1. The molecule has 1 amide bonds. The fourth-order valence-corrected chi connectivity index (χ4v) is 2.91. The quantitative estimate of drug-likeness (QED) is 0.444. The van der Waals surface area contributed by atoms with Gasteiger partial charge < -0.3 is 9.64 Å². The van der Waals surface area contributed by atoms with Crippen molar-refractivity contribution >= 4 is 5.91 Å². The number of carbonyl (C=O) groups excluding carboxylic acids is 1. The molecule has 2 unspecified atom stereocenters. The van der Waals surface area contributed by atoms with Crippen LogP contribution in [0.2, 0.25) is 0 Å². The Hall–Kier alpha value is -0.650. The first-order valence-electron chi connectivity index (χ1n) is 7.18. The van der Waals surface area contributed by atoms with Crippen LogP contribution in [-0.2, 0) is 9.53 Å². The second-order valence-electron chi connectivity index (χ2n) is 5.40. The molecule has 5 nitrogen and oxygen atoms in total. The van der Waals surface area contributed by atoms with Crippen LogP contribution in [0.15, 0.2) is 0 Å². The first-order chi connectivity index (χ1) is 8.79. The van der Waals surface area contributed by atoms with E-state index in [2.05, 4.69) is 10.3 Å². The van der Waals surface area contributed by atoms with Crippen molar-refractivity contribution in [2.45, 2.75) is 57.2 Å². The van der Waals surface area contributed by atoms with E-state index in [1.54, 1.807) is 0 Å². The van der Waals surface area contributed by atoms with Crippen molar-refractivity contribution in [2.75, 3.05) is 19.6 Å². The molecule has 0 spiro atoms. The SMILES string of the molecule is NNC(=O)C1CCC(CN2CCCCCCC2)O1. The first kappa shape index (κ1) is 13.8. The maximum absolute atomic E-state index is 11.4. The third-order valence-corrected chi connectivity index (χ3v) is 3.95. The average molecular weight is 255 g/mol. The van der Waals surface area contributed by atoms with Crippen LogP contribution in [0.1, 0.15) is 44.9 Å². The molecular weight excluding hydrogens is 230 g/mol. The normalized spacial score (nSPS) is 30.7. The van der Waals surface area contributed by atoms with E-state index in [1.807, 2.05) is 0 Å². The maximum Gasteiger partial charge on any atom is 0.263 e. The van der Waals surface area contributed by atoms with Crippen molar-refractivity contribution in [3.63, 3.8) is 0 Å². The Bertz CT molecular complexity index is 265. The molecule has 2 aliphatic heterocycles. The lowest BCUT2D eigenvalue weighted by atomic mass is 10.1. The van der Waals surface area contributed by atoms with Crippen LogP contribution in [0.25, 0.3) is 0 Å². The van der Waals surface area contributed by atoms with Gasteiger partial charge in [0.2, 0.25) is 0 Å². The van der Waals surface area contributed by atoms with Gasteiger partial charge in [0.25, 0.3) is 5.91 Å². The van der Waals surface area contributed by atoms with Crippen molar-refractivity contribution in [1.29, 1.82) is 0 Å². The number of likely N-dealkylation sites (tertiary alicyclic amines) is 1. The molecule has 18 heavy (non-hydrogen) atoms. The van der Waals surface area contributed by atoms with Crippen molar-refractivity contribution in [3.8, 4) is 0 Å². The predicted octanol–water partition coefficient (Wildman–Crippen LogP) is 0.790. The van der Waals surface area contributed by atoms with Gasteiger partial charge in [-0.05, 0) is 38.8 Å². The number of amides is 1. The smallest absolute Gasteiger partial charge is 0.263 e. The summed E-state index contributed by atoms with van der Waals surface area (Å²) < 4.78 is 5.76. The minimum Gasteiger partial charge on any atom is -0.364 e. The van der Waals surface area contributed by atoms with Crippen molar-refractivity contribution in [2.24, 2.45) is 5.84 Å². The van der Waals surface area contributed by atoms with E-state index >= 15 is 0 Å². The Morgan fingerprint density at radius 3 is 2.50 bits per heavy atom. The van der Waals surface area contributed by atoms with Crippen LogP contribution in [0.4, 0.5) is 0 Å². The molecule has 2 aliphatic rings. The van der Waals surface area contributed by atoms with E-state index in [1.165, 1.54) is 45.2 Å². The fraction of sp³-hybridized carbons (Fsp3) is 0.923. The number of nitrogens with two attached hydrogens (primary N) is 1. The molecule has 5 heteroatoms. The van der Waals surface area contributed by atoms with Gasteiger partial charge in [0.1, 0.15) is 6.10 Å². The number of carbonyl (C=O) groups is 1. The fourth-order valence-electron chi connectivity index (χ4n) is 2.91. The minimum absolute atomic E-state index is 0.190. The lowest BCUT2D eigenvalue weighted by molar-refractivity contribution is -0.132. The van der Waals surface area contributed by atoms with Crippen LogP contribution in [0.3, 0.4) is 0 Å². The van der Waals surface area contributed by atoms with E-state index in [9.17, 15) is 4.79 Å². The molecule has 0 aromatic rings. The van der Waals surface area contributed by atoms with E-state index in [0.29, 0.717) is 0 Å².